The molecule has 1 aliphatic heterocycles. The van der Waals surface area contributed by atoms with Gasteiger partial charge in [0.25, 0.3) is 5.91 Å². The molecule has 2 atom stereocenters. The maximum atomic E-state index is 13.0. The SMILES string of the molecule is C[C@H](OC(=O)Cc1ccc(-c2ccccc2)cc1)C(=O)N1c2ccccc2C[C@@H]1C. The summed E-state index contributed by atoms with van der Waals surface area (Å²) in [6, 6.07) is 25.9. The molecule has 152 valence electrons. The van der Waals surface area contributed by atoms with Gasteiger partial charge in [0.1, 0.15) is 0 Å². The molecule has 4 nitrogen and oxygen atoms in total. The molecule has 1 aliphatic rings. The molecule has 0 aliphatic carbocycles. The topological polar surface area (TPSA) is 46.6 Å². The molecule has 0 fully saturated rings. The summed E-state index contributed by atoms with van der Waals surface area (Å²) in [5, 5.41) is 0. The number of carbonyl (C=O) groups is 2. The van der Waals surface area contributed by atoms with Crippen LogP contribution in [0.15, 0.2) is 78.9 Å². The van der Waals surface area contributed by atoms with Crippen LogP contribution in [0.2, 0.25) is 0 Å². The number of rotatable bonds is 5. The maximum absolute atomic E-state index is 13.0. The normalized spacial score (nSPS) is 16.1. The van der Waals surface area contributed by atoms with Crippen LogP contribution in [0.5, 0.6) is 0 Å². The maximum Gasteiger partial charge on any atom is 0.311 e. The lowest BCUT2D eigenvalue weighted by molar-refractivity contribution is -0.153. The van der Waals surface area contributed by atoms with Gasteiger partial charge in [-0.3, -0.25) is 9.59 Å². The van der Waals surface area contributed by atoms with Gasteiger partial charge >= 0.3 is 5.97 Å². The van der Waals surface area contributed by atoms with E-state index >= 15 is 0 Å². The van der Waals surface area contributed by atoms with Crippen molar-refractivity contribution >= 4 is 17.6 Å². The minimum Gasteiger partial charge on any atom is -0.452 e. The number of amides is 1. The molecule has 4 rings (SSSR count). The molecule has 0 spiro atoms. The van der Waals surface area contributed by atoms with Gasteiger partial charge in [-0.25, -0.2) is 0 Å². The van der Waals surface area contributed by atoms with Crippen molar-refractivity contribution in [3.63, 3.8) is 0 Å². The van der Waals surface area contributed by atoms with E-state index in [1.165, 1.54) is 0 Å². The van der Waals surface area contributed by atoms with Crippen molar-refractivity contribution in [3.05, 3.63) is 90.0 Å². The zero-order valence-corrected chi connectivity index (χ0v) is 17.2. The van der Waals surface area contributed by atoms with Crippen LogP contribution >= 0.6 is 0 Å². The summed E-state index contributed by atoms with van der Waals surface area (Å²) >= 11 is 0. The van der Waals surface area contributed by atoms with E-state index in [1.54, 1.807) is 11.8 Å². The van der Waals surface area contributed by atoms with Crippen LogP contribution in [0.4, 0.5) is 5.69 Å². The number of ether oxygens (including phenoxy) is 1. The van der Waals surface area contributed by atoms with E-state index in [2.05, 4.69) is 0 Å². The van der Waals surface area contributed by atoms with Crippen molar-refractivity contribution in [2.75, 3.05) is 4.90 Å². The van der Waals surface area contributed by atoms with Crippen molar-refractivity contribution in [2.24, 2.45) is 0 Å². The average molecular weight is 399 g/mol. The van der Waals surface area contributed by atoms with Crippen LogP contribution < -0.4 is 4.90 Å². The smallest absolute Gasteiger partial charge is 0.311 e. The van der Waals surface area contributed by atoms with Gasteiger partial charge in [0.2, 0.25) is 0 Å². The van der Waals surface area contributed by atoms with Crippen molar-refractivity contribution in [3.8, 4) is 11.1 Å². The molecule has 0 saturated carbocycles. The van der Waals surface area contributed by atoms with Crippen molar-refractivity contribution in [1.29, 1.82) is 0 Å². The molecule has 3 aromatic carbocycles. The summed E-state index contributed by atoms with van der Waals surface area (Å²) in [5.74, 6) is -0.580. The van der Waals surface area contributed by atoms with E-state index in [0.717, 1.165) is 34.4 Å². The monoisotopic (exact) mass is 399 g/mol. The van der Waals surface area contributed by atoms with Crippen LogP contribution in [0.1, 0.15) is 25.0 Å². The third kappa shape index (κ3) is 4.13. The third-order valence-electron chi connectivity index (χ3n) is 5.51. The van der Waals surface area contributed by atoms with Gasteiger partial charge in [-0.05, 0) is 48.6 Å². The summed E-state index contributed by atoms with van der Waals surface area (Å²) in [6.07, 6.45) is 0.129. The molecule has 0 bridgehead atoms. The first-order chi connectivity index (χ1) is 14.5. The Morgan fingerprint density at radius 1 is 0.933 bits per heavy atom. The zero-order chi connectivity index (χ0) is 21.1. The fourth-order valence-electron chi connectivity index (χ4n) is 4.00. The van der Waals surface area contributed by atoms with Crippen molar-refractivity contribution in [1.82, 2.24) is 0 Å². The van der Waals surface area contributed by atoms with Gasteiger partial charge in [0.05, 0.1) is 6.42 Å². The first-order valence-electron chi connectivity index (χ1n) is 10.3. The second-order valence-corrected chi connectivity index (χ2v) is 7.76. The predicted octanol–water partition coefficient (Wildman–Crippen LogP) is 4.81. The molecule has 0 N–H and O–H groups in total. The minimum absolute atomic E-state index is 0.0570. The summed E-state index contributed by atoms with van der Waals surface area (Å²) in [7, 11) is 0. The van der Waals surface area contributed by atoms with Gasteiger partial charge in [-0.2, -0.15) is 0 Å². The highest BCUT2D eigenvalue weighted by Crippen LogP contribution is 2.32. The van der Waals surface area contributed by atoms with Gasteiger partial charge in [-0.15, -0.1) is 0 Å². The van der Waals surface area contributed by atoms with Crippen LogP contribution in [0.25, 0.3) is 11.1 Å². The molecule has 0 unspecified atom stereocenters. The van der Waals surface area contributed by atoms with Gasteiger partial charge in [0.15, 0.2) is 6.10 Å². The lowest BCUT2D eigenvalue weighted by Crippen LogP contribution is -2.43. The number of benzene rings is 3. The highest BCUT2D eigenvalue weighted by atomic mass is 16.5. The number of nitrogens with zero attached hydrogens (tertiary/aromatic N) is 1. The van der Waals surface area contributed by atoms with Crippen LogP contribution in [0, 0.1) is 0 Å². The average Bonchev–Trinajstić information content (AvgIpc) is 3.10. The molecule has 1 amide bonds. The van der Waals surface area contributed by atoms with Crippen LogP contribution in [0.3, 0.4) is 0 Å². The Morgan fingerprint density at radius 2 is 1.57 bits per heavy atom. The Morgan fingerprint density at radius 3 is 2.30 bits per heavy atom. The molecular formula is C26H25NO3. The minimum atomic E-state index is -0.824. The number of hydrogen-bond acceptors (Lipinski definition) is 3. The van der Waals surface area contributed by atoms with Gasteiger partial charge in [-0.1, -0.05) is 72.8 Å². The molecule has 4 heteroatoms. The number of hydrogen-bond donors (Lipinski definition) is 0. The summed E-state index contributed by atoms with van der Waals surface area (Å²) < 4.78 is 5.48. The molecule has 0 aromatic heterocycles. The Hall–Kier alpha value is -3.40. The lowest BCUT2D eigenvalue weighted by Gasteiger charge is -2.26. The Kier molecular flexibility index (Phi) is 5.66. The summed E-state index contributed by atoms with van der Waals surface area (Å²) in [6.45, 7) is 3.66. The molecule has 0 saturated heterocycles. The fraction of sp³-hybridized carbons (Fsp3) is 0.231. The highest BCUT2D eigenvalue weighted by Gasteiger charge is 2.34. The van der Waals surface area contributed by atoms with Crippen molar-refractivity contribution in [2.45, 2.75) is 38.8 Å². The van der Waals surface area contributed by atoms with Crippen LogP contribution in [-0.4, -0.2) is 24.0 Å². The molecular weight excluding hydrogens is 374 g/mol. The van der Waals surface area contributed by atoms with Gasteiger partial charge in [0, 0.05) is 11.7 Å². The summed E-state index contributed by atoms with van der Waals surface area (Å²) in [4.78, 5) is 27.1. The first kappa shape index (κ1) is 19.9. The van der Waals surface area contributed by atoms with Crippen LogP contribution in [-0.2, 0) is 27.2 Å². The van der Waals surface area contributed by atoms with Gasteiger partial charge < -0.3 is 9.64 Å². The van der Waals surface area contributed by atoms with E-state index in [4.69, 9.17) is 4.74 Å². The molecule has 3 aromatic rings. The van der Waals surface area contributed by atoms with E-state index < -0.39 is 12.1 Å². The molecule has 1 heterocycles. The fourth-order valence-corrected chi connectivity index (χ4v) is 4.00. The predicted molar refractivity (Wildman–Crippen MR) is 118 cm³/mol. The lowest BCUT2D eigenvalue weighted by atomic mass is 10.0. The van der Waals surface area contributed by atoms with E-state index in [9.17, 15) is 9.59 Å². The molecule has 0 radical (unpaired) electrons. The first-order valence-corrected chi connectivity index (χ1v) is 10.3. The number of para-hydroxylation sites is 1. The Balaban J connectivity index is 1.37. The number of esters is 1. The second-order valence-electron chi connectivity index (χ2n) is 7.76. The largest absolute Gasteiger partial charge is 0.452 e. The third-order valence-corrected chi connectivity index (χ3v) is 5.51. The second kappa shape index (κ2) is 8.54. The van der Waals surface area contributed by atoms with E-state index in [1.807, 2.05) is 85.8 Å². The Labute approximate surface area is 177 Å². The molecule has 30 heavy (non-hydrogen) atoms. The summed E-state index contributed by atoms with van der Waals surface area (Å²) in [5.41, 5.74) is 5.15. The van der Waals surface area contributed by atoms with E-state index in [-0.39, 0.29) is 18.4 Å². The highest BCUT2D eigenvalue weighted by molar-refractivity contribution is 5.99. The van der Waals surface area contributed by atoms with E-state index in [0.29, 0.717) is 0 Å². The number of fused-ring (bicyclic) bond motifs is 1. The number of anilines is 1. The quantitative estimate of drug-likeness (QED) is 0.579. The standard InChI is InChI=1S/C26H25NO3/c1-18-16-23-10-6-7-11-24(23)27(18)26(29)19(2)30-25(28)17-20-12-14-22(15-13-20)21-8-4-3-5-9-21/h3-15,18-19H,16-17H2,1-2H3/t18-,19-/m0/s1. The zero-order valence-electron chi connectivity index (χ0n) is 17.2. The number of carbonyl (C=O) groups excluding carboxylic acids is 2. The van der Waals surface area contributed by atoms with Crippen molar-refractivity contribution < 1.29 is 14.3 Å². The Bertz CT molecular complexity index is 1040.